The Morgan fingerprint density at radius 2 is 1.84 bits per heavy atom. The number of non-ortho nitro benzene ring substituents is 1. The highest BCUT2D eigenvalue weighted by Crippen LogP contribution is 2.48. The zero-order valence-corrected chi connectivity index (χ0v) is 16.8. The summed E-state index contributed by atoms with van der Waals surface area (Å²) in [4.78, 5) is 19.8. The fourth-order valence-corrected chi connectivity index (χ4v) is 4.10. The predicted octanol–water partition coefficient (Wildman–Crippen LogP) is 4.02. The highest BCUT2D eigenvalue weighted by Gasteiger charge is 2.36. The number of benzene rings is 2. The molecule has 10 heteroatoms. The Balaban J connectivity index is 1.56. The molecule has 1 N–H and O–H groups in total. The van der Waals surface area contributed by atoms with Crippen LogP contribution >= 0.6 is 0 Å². The van der Waals surface area contributed by atoms with E-state index < -0.39 is 4.92 Å². The second-order valence-electron chi connectivity index (χ2n) is 7.48. The first kappa shape index (κ1) is 18.2. The Labute approximate surface area is 180 Å². The van der Waals surface area contributed by atoms with E-state index in [0.29, 0.717) is 28.8 Å². The summed E-state index contributed by atoms with van der Waals surface area (Å²) in [6, 6.07) is 16.2. The van der Waals surface area contributed by atoms with Gasteiger partial charge in [-0.1, -0.05) is 30.3 Å². The van der Waals surface area contributed by atoms with Gasteiger partial charge in [-0.25, -0.2) is 14.5 Å². The number of nitro groups is 1. The zero-order chi connectivity index (χ0) is 21.8. The molecule has 0 bridgehead atoms. The van der Waals surface area contributed by atoms with Gasteiger partial charge in [0.15, 0.2) is 11.5 Å². The lowest BCUT2D eigenvalue weighted by Gasteiger charge is -2.25. The van der Waals surface area contributed by atoms with Gasteiger partial charge in [-0.2, -0.15) is 0 Å². The first-order valence-electron chi connectivity index (χ1n) is 9.88. The van der Waals surface area contributed by atoms with Crippen LogP contribution in [0.3, 0.4) is 0 Å². The monoisotopic (exact) mass is 425 g/mol. The highest BCUT2D eigenvalue weighted by atomic mass is 16.6. The average molecular weight is 425 g/mol. The number of nitrogens with zero attached hydrogens (tertiary/aromatic N) is 6. The molecule has 2 aromatic carbocycles. The van der Waals surface area contributed by atoms with Crippen LogP contribution in [0.25, 0.3) is 17.0 Å². The lowest BCUT2D eigenvalue weighted by molar-refractivity contribution is -0.384. The van der Waals surface area contributed by atoms with Crippen LogP contribution in [0.2, 0.25) is 0 Å². The summed E-state index contributed by atoms with van der Waals surface area (Å²) in [5, 5.41) is 22.8. The number of aryl methyl sites for hydroxylation is 1. The number of aromatic amines is 1. The maximum atomic E-state index is 11.0. The molecule has 6 rings (SSSR count). The van der Waals surface area contributed by atoms with E-state index in [4.69, 9.17) is 9.72 Å². The van der Waals surface area contributed by atoms with E-state index in [2.05, 4.69) is 20.3 Å². The molecule has 1 aliphatic rings. The van der Waals surface area contributed by atoms with E-state index in [-0.39, 0.29) is 11.6 Å². The van der Waals surface area contributed by atoms with Gasteiger partial charge < -0.3 is 4.74 Å². The molecule has 3 aromatic heterocycles. The van der Waals surface area contributed by atoms with Crippen LogP contribution < -0.4 is 4.74 Å². The van der Waals surface area contributed by atoms with Crippen LogP contribution in [-0.4, -0.2) is 34.7 Å². The van der Waals surface area contributed by atoms with Gasteiger partial charge in [0.25, 0.3) is 5.69 Å². The molecule has 0 amide bonds. The van der Waals surface area contributed by atoms with Gasteiger partial charge in [0.2, 0.25) is 11.8 Å². The van der Waals surface area contributed by atoms with Crippen molar-refractivity contribution in [3.8, 4) is 23.1 Å². The number of rotatable bonds is 3. The molecular formula is C22H15N7O3. The van der Waals surface area contributed by atoms with Crippen molar-refractivity contribution in [1.29, 1.82) is 0 Å². The van der Waals surface area contributed by atoms with Gasteiger partial charge >= 0.3 is 0 Å². The van der Waals surface area contributed by atoms with Crippen molar-refractivity contribution >= 4 is 11.3 Å². The van der Waals surface area contributed by atoms with Crippen LogP contribution in [-0.2, 0) is 0 Å². The lowest BCUT2D eigenvalue weighted by Crippen LogP contribution is -2.15. The van der Waals surface area contributed by atoms with E-state index >= 15 is 0 Å². The number of hydrogen-bond acceptors (Lipinski definition) is 7. The molecular weight excluding hydrogens is 410 g/mol. The number of ether oxygens (including phenoxy) is 1. The molecule has 156 valence electrons. The SMILES string of the molecule is Cc1[nH]nc2c1[C@@H](c1ccccc1)c1c(ncn3nc(-c4ccc([N+](=O)[O-])cc4)nc13)O2. The van der Waals surface area contributed by atoms with Crippen LogP contribution in [0.4, 0.5) is 5.69 Å². The first-order valence-corrected chi connectivity index (χ1v) is 9.88. The largest absolute Gasteiger partial charge is 0.418 e. The normalized spacial score (nSPS) is 14.6. The standard InChI is InChI=1S/C22H15N7O3/c1-12-16-17(13-5-3-2-4-6-13)18-20-24-19(14-7-9-15(10-8-14)29(30)31)27-28(20)11-23-21(18)32-22(16)26-25-12/h2-11,17H,1H3,(H,25,26)/t17-/m1/s1. The van der Waals surface area contributed by atoms with Crippen LogP contribution in [0.5, 0.6) is 11.8 Å². The maximum absolute atomic E-state index is 11.0. The Morgan fingerprint density at radius 1 is 1.06 bits per heavy atom. The molecule has 0 radical (unpaired) electrons. The van der Waals surface area contributed by atoms with Crippen LogP contribution in [0.15, 0.2) is 60.9 Å². The van der Waals surface area contributed by atoms with E-state index in [0.717, 1.165) is 22.4 Å². The number of nitrogens with one attached hydrogen (secondary N) is 1. The molecule has 4 heterocycles. The second kappa shape index (κ2) is 6.71. The molecule has 1 atom stereocenters. The van der Waals surface area contributed by atoms with E-state index in [9.17, 15) is 10.1 Å². The Morgan fingerprint density at radius 3 is 2.59 bits per heavy atom. The van der Waals surface area contributed by atoms with Gasteiger partial charge in [-0.3, -0.25) is 15.2 Å². The summed E-state index contributed by atoms with van der Waals surface area (Å²) < 4.78 is 7.61. The van der Waals surface area contributed by atoms with Gasteiger partial charge in [-0.05, 0) is 24.6 Å². The third-order valence-corrected chi connectivity index (χ3v) is 5.59. The number of hydrogen-bond donors (Lipinski definition) is 1. The van der Waals surface area contributed by atoms with Gasteiger partial charge in [0.1, 0.15) is 6.33 Å². The molecule has 0 saturated heterocycles. The number of H-pyrrole nitrogens is 1. The minimum absolute atomic E-state index is 0.0112. The summed E-state index contributed by atoms with van der Waals surface area (Å²) in [5.41, 5.74) is 4.95. The van der Waals surface area contributed by atoms with Crippen molar-refractivity contribution in [3.63, 3.8) is 0 Å². The van der Waals surface area contributed by atoms with Crippen LogP contribution in [0, 0.1) is 17.0 Å². The van der Waals surface area contributed by atoms with Crippen molar-refractivity contribution in [3.05, 3.63) is 93.4 Å². The zero-order valence-electron chi connectivity index (χ0n) is 16.8. The molecule has 5 aromatic rings. The molecule has 1 aliphatic heterocycles. The number of fused-ring (bicyclic) bond motifs is 4. The topological polar surface area (TPSA) is 124 Å². The third-order valence-electron chi connectivity index (χ3n) is 5.59. The molecule has 10 nitrogen and oxygen atoms in total. The maximum Gasteiger partial charge on any atom is 0.269 e. The van der Waals surface area contributed by atoms with Crippen molar-refractivity contribution in [2.24, 2.45) is 0 Å². The highest BCUT2D eigenvalue weighted by molar-refractivity contribution is 5.68. The Bertz CT molecular complexity index is 1490. The fourth-order valence-electron chi connectivity index (χ4n) is 4.10. The predicted molar refractivity (Wildman–Crippen MR) is 114 cm³/mol. The molecule has 32 heavy (non-hydrogen) atoms. The molecule has 0 fully saturated rings. The van der Waals surface area contributed by atoms with Gasteiger partial charge in [0, 0.05) is 29.0 Å². The quantitative estimate of drug-likeness (QED) is 0.335. The minimum Gasteiger partial charge on any atom is -0.418 e. The lowest BCUT2D eigenvalue weighted by atomic mass is 9.84. The van der Waals surface area contributed by atoms with Crippen molar-refractivity contribution in [1.82, 2.24) is 29.8 Å². The van der Waals surface area contributed by atoms with Gasteiger partial charge in [-0.15, -0.1) is 10.2 Å². The smallest absolute Gasteiger partial charge is 0.269 e. The minimum atomic E-state index is -0.437. The van der Waals surface area contributed by atoms with E-state index in [1.165, 1.54) is 12.1 Å². The number of aromatic nitrogens is 6. The summed E-state index contributed by atoms with van der Waals surface area (Å²) in [6.07, 6.45) is 1.54. The summed E-state index contributed by atoms with van der Waals surface area (Å²) in [6.45, 7) is 1.95. The molecule has 0 saturated carbocycles. The second-order valence-corrected chi connectivity index (χ2v) is 7.48. The third kappa shape index (κ3) is 2.66. The summed E-state index contributed by atoms with van der Waals surface area (Å²) in [7, 11) is 0. The van der Waals surface area contributed by atoms with Crippen LogP contribution in [0.1, 0.15) is 28.3 Å². The summed E-state index contributed by atoms with van der Waals surface area (Å²) in [5.74, 6) is 1.17. The Hall–Kier alpha value is -4.60. The van der Waals surface area contributed by atoms with Crippen molar-refractivity contribution in [2.75, 3.05) is 0 Å². The van der Waals surface area contributed by atoms with Crippen molar-refractivity contribution < 1.29 is 9.66 Å². The average Bonchev–Trinajstić information content (AvgIpc) is 3.42. The first-order chi connectivity index (χ1) is 15.6. The molecule has 0 aliphatic carbocycles. The Kier molecular flexibility index (Phi) is 3.81. The van der Waals surface area contributed by atoms with Crippen molar-refractivity contribution in [2.45, 2.75) is 12.8 Å². The van der Waals surface area contributed by atoms with Gasteiger partial charge in [0.05, 0.1) is 16.4 Å². The molecule has 0 unspecified atom stereocenters. The number of nitro benzene ring substituents is 1. The van der Waals surface area contributed by atoms with E-state index in [1.54, 1.807) is 23.0 Å². The van der Waals surface area contributed by atoms with E-state index in [1.807, 2.05) is 37.3 Å². The fraction of sp³-hybridized carbons (Fsp3) is 0.0909. The molecule has 0 spiro atoms. The summed E-state index contributed by atoms with van der Waals surface area (Å²) >= 11 is 0.